The molecular formula is C44H71N3O10. The Morgan fingerprint density at radius 1 is 0.982 bits per heavy atom. The van der Waals surface area contributed by atoms with Crippen LogP contribution in [0.1, 0.15) is 105 Å². The van der Waals surface area contributed by atoms with Gasteiger partial charge in [-0.2, -0.15) is 0 Å². The van der Waals surface area contributed by atoms with Crippen molar-refractivity contribution in [1.29, 1.82) is 0 Å². The van der Waals surface area contributed by atoms with Crippen molar-refractivity contribution in [2.45, 2.75) is 148 Å². The standard InChI is InChI=1S/C44H71N3O10/c1-27-24-44(9,52-14)37(56-39-35(34(45(10)11)20-28(2)54-39)55-38(49)31-18-16-15-17-19-31)29(3)36(48)43(7,8)40(50)53-26-33(46(12)25-27)23-30-21-32(22-30)47(13)41(51)57-42(4,5)6/h15-19,27-30,32-35,37,39H,20-26H2,1-14H3/t27-,28-,29+,30?,32?,33-,34?,35-,37-,39+,44-/m1/s1. The number of ketones is 1. The van der Waals surface area contributed by atoms with Crippen molar-refractivity contribution < 1.29 is 47.6 Å². The fraction of sp³-hybridized carbons (Fsp3) is 0.773. The van der Waals surface area contributed by atoms with Gasteiger partial charge in [0.05, 0.1) is 29.4 Å². The predicted molar refractivity (Wildman–Crippen MR) is 217 cm³/mol. The van der Waals surface area contributed by atoms with E-state index in [9.17, 15) is 19.2 Å². The van der Waals surface area contributed by atoms with Gasteiger partial charge in [-0.05, 0) is 126 Å². The third kappa shape index (κ3) is 11.6. The van der Waals surface area contributed by atoms with E-state index in [1.54, 1.807) is 64.1 Å². The molecule has 13 nitrogen and oxygen atoms in total. The summed E-state index contributed by atoms with van der Waals surface area (Å²) in [7, 11) is 9.30. The molecule has 0 aromatic heterocycles. The molecule has 1 aliphatic carbocycles. The van der Waals surface area contributed by atoms with Crippen LogP contribution in [0.4, 0.5) is 4.79 Å². The third-order valence-electron chi connectivity index (χ3n) is 12.3. The molecule has 0 radical (unpaired) electrons. The summed E-state index contributed by atoms with van der Waals surface area (Å²) in [5.74, 6) is -1.94. The van der Waals surface area contributed by atoms with Crippen LogP contribution in [0.3, 0.4) is 0 Å². The van der Waals surface area contributed by atoms with Crippen molar-refractivity contribution in [3.63, 3.8) is 0 Å². The lowest BCUT2D eigenvalue weighted by molar-refractivity contribution is -0.295. The molecule has 322 valence electrons. The van der Waals surface area contributed by atoms with Crippen LogP contribution in [0.2, 0.25) is 0 Å². The van der Waals surface area contributed by atoms with Gasteiger partial charge >= 0.3 is 18.0 Å². The molecule has 3 aliphatic rings. The first-order chi connectivity index (χ1) is 26.5. The van der Waals surface area contributed by atoms with Crippen LogP contribution in [-0.2, 0) is 38.0 Å². The molecule has 1 aromatic carbocycles. The monoisotopic (exact) mass is 802 g/mol. The first kappa shape index (κ1) is 46.6. The van der Waals surface area contributed by atoms with Gasteiger partial charge in [0.1, 0.15) is 17.6 Å². The van der Waals surface area contributed by atoms with Crippen molar-refractivity contribution in [1.82, 2.24) is 14.7 Å². The van der Waals surface area contributed by atoms with E-state index in [1.165, 1.54) is 0 Å². The molecule has 1 aromatic rings. The Hall–Kier alpha value is -3.10. The second-order valence-electron chi connectivity index (χ2n) is 19.0. The number of rotatable bonds is 9. The summed E-state index contributed by atoms with van der Waals surface area (Å²) in [5, 5.41) is 0. The van der Waals surface area contributed by atoms with Crippen molar-refractivity contribution in [2.24, 2.45) is 23.2 Å². The van der Waals surface area contributed by atoms with E-state index in [0.29, 0.717) is 30.9 Å². The Morgan fingerprint density at radius 3 is 2.19 bits per heavy atom. The van der Waals surface area contributed by atoms with Gasteiger partial charge in [-0.25, -0.2) is 9.59 Å². The van der Waals surface area contributed by atoms with Crippen LogP contribution in [0.25, 0.3) is 0 Å². The minimum Gasteiger partial charge on any atom is -0.463 e. The Bertz CT molecular complexity index is 1530. The summed E-state index contributed by atoms with van der Waals surface area (Å²) in [4.78, 5) is 60.7. The number of amides is 1. The van der Waals surface area contributed by atoms with E-state index >= 15 is 0 Å². The molecule has 0 bridgehead atoms. The SMILES string of the molecule is CO[C@]1(C)C[C@@H](C)CN(C)[C@H](CC2CC(N(C)C(=O)OC(C)(C)C)C2)COC(=O)C(C)(C)C(=O)[C@H](C)[C@H]1O[C@@H]1O[C@H](C)CC(N(C)C)[C@H]1OC(=O)c1ccccc1. The summed E-state index contributed by atoms with van der Waals surface area (Å²) in [5.41, 5.74) is -2.71. The fourth-order valence-corrected chi connectivity index (χ4v) is 8.79. The number of likely N-dealkylation sites (N-methyl/N-ethyl adjacent to an activating group) is 2. The van der Waals surface area contributed by atoms with Crippen LogP contribution in [0.5, 0.6) is 0 Å². The quantitative estimate of drug-likeness (QED) is 0.160. The van der Waals surface area contributed by atoms with E-state index in [-0.39, 0.29) is 48.6 Å². The van der Waals surface area contributed by atoms with Crippen molar-refractivity contribution in [3.8, 4) is 0 Å². The Kier molecular flexibility index (Phi) is 15.4. The topological polar surface area (TPSA) is 133 Å². The maximum atomic E-state index is 14.6. The maximum absolute atomic E-state index is 14.6. The summed E-state index contributed by atoms with van der Waals surface area (Å²) in [6, 6.07) is 8.51. The largest absolute Gasteiger partial charge is 0.463 e. The molecule has 13 heteroatoms. The average Bonchev–Trinajstić information content (AvgIpc) is 3.11. The second kappa shape index (κ2) is 18.9. The predicted octanol–water partition coefficient (Wildman–Crippen LogP) is 6.22. The number of carbonyl (C=O) groups is 4. The lowest BCUT2D eigenvalue weighted by atomic mass is 9.74. The first-order valence-electron chi connectivity index (χ1n) is 20.6. The highest BCUT2D eigenvalue weighted by atomic mass is 16.7. The Balaban J connectivity index is 1.61. The molecule has 57 heavy (non-hydrogen) atoms. The van der Waals surface area contributed by atoms with E-state index < -0.39 is 53.0 Å². The zero-order valence-corrected chi connectivity index (χ0v) is 37.0. The van der Waals surface area contributed by atoms with Crippen LogP contribution >= 0.6 is 0 Å². The second-order valence-corrected chi connectivity index (χ2v) is 19.0. The molecule has 1 saturated carbocycles. The summed E-state index contributed by atoms with van der Waals surface area (Å²) < 4.78 is 37.6. The molecule has 2 heterocycles. The van der Waals surface area contributed by atoms with Crippen LogP contribution in [-0.4, -0.2) is 141 Å². The van der Waals surface area contributed by atoms with Crippen LogP contribution < -0.4 is 0 Å². The highest BCUT2D eigenvalue weighted by molar-refractivity contribution is 6.04. The van der Waals surface area contributed by atoms with Crippen molar-refractivity contribution in [2.75, 3.05) is 48.5 Å². The minimum absolute atomic E-state index is 0.0557. The number of Topliss-reactive ketones (excluding diaryl/α,β-unsaturated/α-hetero) is 1. The van der Waals surface area contributed by atoms with E-state index in [1.807, 2.05) is 66.7 Å². The van der Waals surface area contributed by atoms with Crippen LogP contribution in [0, 0.1) is 23.2 Å². The number of benzene rings is 1. The molecule has 1 amide bonds. The molecule has 0 N–H and O–H groups in total. The van der Waals surface area contributed by atoms with Gasteiger partial charge in [0.15, 0.2) is 18.2 Å². The normalized spacial score (nSPS) is 34.5. The van der Waals surface area contributed by atoms with E-state index in [2.05, 4.69) is 11.8 Å². The molecule has 3 fully saturated rings. The van der Waals surface area contributed by atoms with Crippen LogP contribution in [0.15, 0.2) is 30.3 Å². The zero-order valence-electron chi connectivity index (χ0n) is 37.0. The highest BCUT2D eigenvalue weighted by Crippen LogP contribution is 2.40. The number of hydrogen-bond donors (Lipinski definition) is 0. The Morgan fingerprint density at radius 2 is 1.61 bits per heavy atom. The number of hydrogen-bond acceptors (Lipinski definition) is 12. The molecule has 1 unspecified atom stereocenters. The smallest absolute Gasteiger partial charge is 0.410 e. The van der Waals surface area contributed by atoms with E-state index in [0.717, 1.165) is 19.3 Å². The van der Waals surface area contributed by atoms with Gasteiger partial charge in [-0.1, -0.05) is 32.0 Å². The summed E-state index contributed by atoms with van der Waals surface area (Å²) in [6.45, 7) is 17.4. The maximum Gasteiger partial charge on any atom is 0.410 e. The van der Waals surface area contributed by atoms with Gasteiger partial charge < -0.3 is 38.2 Å². The number of nitrogens with zero attached hydrogens (tertiary/aromatic N) is 3. The molecule has 2 aliphatic heterocycles. The van der Waals surface area contributed by atoms with Crippen molar-refractivity contribution >= 4 is 23.8 Å². The molecule has 4 rings (SSSR count). The van der Waals surface area contributed by atoms with Gasteiger partial charge in [0.2, 0.25) is 0 Å². The van der Waals surface area contributed by atoms with E-state index in [4.69, 9.17) is 28.4 Å². The number of cyclic esters (lactones) is 1. The highest BCUT2D eigenvalue weighted by Gasteiger charge is 2.52. The zero-order chi connectivity index (χ0) is 42.6. The first-order valence-corrected chi connectivity index (χ1v) is 20.6. The molecule has 0 spiro atoms. The lowest BCUT2D eigenvalue weighted by Crippen LogP contribution is -2.60. The molecule has 2 saturated heterocycles. The number of carbonyl (C=O) groups excluding carboxylic acids is 4. The molecule has 9 atom stereocenters. The third-order valence-corrected chi connectivity index (χ3v) is 12.3. The number of esters is 2. The summed E-state index contributed by atoms with van der Waals surface area (Å²) >= 11 is 0. The van der Waals surface area contributed by atoms with Gasteiger partial charge in [0.25, 0.3) is 0 Å². The number of ether oxygens (including phenoxy) is 6. The van der Waals surface area contributed by atoms with Crippen molar-refractivity contribution in [3.05, 3.63) is 35.9 Å². The van der Waals surface area contributed by atoms with Gasteiger partial charge in [-0.15, -0.1) is 0 Å². The lowest BCUT2D eigenvalue weighted by Gasteiger charge is -2.48. The summed E-state index contributed by atoms with van der Waals surface area (Å²) in [6.07, 6.45) is 0.146. The number of methoxy groups -OCH3 is 1. The Labute approximate surface area is 341 Å². The average molecular weight is 802 g/mol. The van der Waals surface area contributed by atoms with Gasteiger partial charge in [0, 0.05) is 38.7 Å². The fourth-order valence-electron chi connectivity index (χ4n) is 8.79. The minimum atomic E-state index is -1.51. The van der Waals surface area contributed by atoms with Gasteiger partial charge in [-0.3, -0.25) is 14.5 Å². The molecular weight excluding hydrogens is 730 g/mol.